The summed E-state index contributed by atoms with van der Waals surface area (Å²) in [6.07, 6.45) is 1.49. The van der Waals surface area contributed by atoms with Crippen LogP contribution in [-0.4, -0.2) is 12.2 Å². The van der Waals surface area contributed by atoms with Crippen LogP contribution in [0.25, 0.3) is 0 Å². The number of hydrogen-bond donors (Lipinski definition) is 2. The lowest BCUT2D eigenvalue weighted by molar-refractivity contribution is 0.249. The number of nitrogens with one attached hydrogen (secondary N) is 1. The first-order valence-corrected chi connectivity index (χ1v) is 6.10. The second-order valence-electron chi connectivity index (χ2n) is 4.05. The van der Waals surface area contributed by atoms with Gasteiger partial charge in [0.25, 0.3) is 0 Å². The zero-order valence-corrected chi connectivity index (χ0v) is 10.8. The van der Waals surface area contributed by atoms with E-state index in [9.17, 15) is 4.79 Å². The quantitative estimate of drug-likeness (QED) is 0.645. The fraction of sp³-hybridized carbons (Fsp3) is 0.0667. The maximum absolute atomic E-state index is 10.6. The monoisotopic (exact) mass is 269 g/mol. The predicted molar refractivity (Wildman–Crippen MR) is 77.5 cm³/mol. The van der Waals surface area contributed by atoms with E-state index in [1.54, 1.807) is 0 Å². The third-order valence-electron chi connectivity index (χ3n) is 2.53. The van der Waals surface area contributed by atoms with Crippen LogP contribution in [0.2, 0.25) is 0 Å². The van der Waals surface area contributed by atoms with Crippen molar-refractivity contribution in [3.8, 4) is 5.75 Å². The van der Waals surface area contributed by atoms with Crippen LogP contribution in [0.3, 0.4) is 0 Å². The van der Waals surface area contributed by atoms with Gasteiger partial charge in [-0.3, -0.25) is 0 Å². The van der Waals surface area contributed by atoms with E-state index in [4.69, 9.17) is 10.5 Å². The predicted octanol–water partition coefficient (Wildman–Crippen LogP) is 2.27. The molecule has 0 unspecified atom stereocenters. The molecule has 0 aromatic heterocycles. The van der Waals surface area contributed by atoms with E-state index in [-0.39, 0.29) is 0 Å². The third-order valence-corrected chi connectivity index (χ3v) is 2.53. The Hall–Kier alpha value is -2.82. The van der Waals surface area contributed by atoms with E-state index in [0.717, 1.165) is 11.1 Å². The van der Waals surface area contributed by atoms with Crippen LogP contribution in [0.15, 0.2) is 59.7 Å². The fourth-order valence-corrected chi connectivity index (χ4v) is 1.62. The summed E-state index contributed by atoms with van der Waals surface area (Å²) in [4.78, 5) is 10.6. The molecule has 0 heterocycles. The van der Waals surface area contributed by atoms with Gasteiger partial charge in [-0.05, 0) is 17.7 Å². The Morgan fingerprint density at radius 1 is 1.15 bits per heavy atom. The minimum atomic E-state index is -0.705. The number of urea groups is 1. The Labute approximate surface area is 117 Å². The average Bonchev–Trinajstić information content (AvgIpc) is 2.47. The zero-order chi connectivity index (χ0) is 14.2. The number of rotatable bonds is 5. The van der Waals surface area contributed by atoms with Crippen LogP contribution in [0, 0.1) is 0 Å². The molecule has 0 aliphatic rings. The summed E-state index contributed by atoms with van der Waals surface area (Å²) < 4.78 is 5.75. The number of amides is 2. The van der Waals surface area contributed by atoms with E-state index in [1.807, 2.05) is 54.6 Å². The Kier molecular flexibility index (Phi) is 4.72. The van der Waals surface area contributed by atoms with Gasteiger partial charge in [0, 0.05) is 5.56 Å². The number of hydrazone groups is 1. The second-order valence-corrected chi connectivity index (χ2v) is 4.05. The smallest absolute Gasteiger partial charge is 0.332 e. The highest BCUT2D eigenvalue weighted by molar-refractivity contribution is 5.84. The number of carbonyl (C=O) groups excluding carboxylic acids is 1. The molecule has 0 saturated carbocycles. The van der Waals surface area contributed by atoms with E-state index in [2.05, 4.69) is 10.5 Å². The maximum atomic E-state index is 10.6. The van der Waals surface area contributed by atoms with Crippen LogP contribution in [0.5, 0.6) is 5.75 Å². The summed E-state index contributed by atoms with van der Waals surface area (Å²) in [5.41, 5.74) is 8.92. The van der Waals surface area contributed by atoms with Gasteiger partial charge in [0.2, 0.25) is 0 Å². The molecular weight excluding hydrogens is 254 g/mol. The van der Waals surface area contributed by atoms with Crippen LogP contribution >= 0.6 is 0 Å². The molecular formula is C15H15N3O2. The first-order valence-electron chi connectivity index (χ1n) is 6.10. The molecule has 2 amide bonds. The van der Waals surface area contributed by atoms with Crippen LogP contribution in [0.1, 0.15) is 11.1 Å². The first-order chi connectivity index (χ1) is 9.75. The molecule has 5 nitrogen and oxygen atoms in total. The summed E-state index contributed by atoms with van der Waals surface area (Å²) in [5.74, 6) is 0.686. The highest BCUT2D eigenvalue weighted by Gasteiger charge is 2.01. The molecule has 2 rings (SSSR count). The summed E-state index contributed by atoms with van der Waals surface area (Å²) in [6.45, 7) is 0.467. The Bertz CT molecular complexity index is 597. The van der Waals surface area contributed by atoms with Crippen molar-refractivity contribution in [3.63, 3.8) is 0 Å². The first kappa shape index (κ1) is 13.6. The van der Waals surface area contributed by atoms with Crippen molar-refractivity contribution in [3.05, 3.63) is 65.7 Å². The molecule has 0 aliphatic heterocycles. The number of hydrogen-bond acceptors (Lipinski definition) is 3. The highest BCUT2D eigenvalue weighted by atomic mass is 16.5. The Morgan fingerprint density at radius 3 is 2.60 bits per heavy atom. The van der Waals surface area contributed by atoms with Crippen molar-refractivity contribution in [2.45, 2.75) is 6.61 Å². The Morgan fingerprint density at radius 2 is 1.85 bits per heavy atom. The lowest BCUT2D eigenvalue weighted by Gasteiger charge is -2.08. The van der Waals surface area contributed by atoms with Crippen LogP contribution in [0.4, 0.5) is 4.79 Å². The number of ether oxygens (including phenoxy) is 1. The molecule has 2 aromatic carbocycles. The van der Waals surface area contributed by atoms with E-state index < -0.39 is 6.03 Å². The molecule has 0 radical (unpaired) electrons. The number of benzene rings is 2. The van der Waals surface area contributed by atoms with Crippen molar-refractivity contribution in [1.82, 2.24) is 5.43 Å². The molecule has 0 atom stereocenters. The molecule has 5 heteroatoms. The van der Waals surface area contributed by atoms with Gasteiger partial charge in [-0.1, -0.05) is 42.5 Å². The minimum absolute atomic E-state index is 0.467. The van der Waals surface area contributed by atoms with Gasteiger partial charge < -0.3 is 10.5 Å². The summed E-state index contributed by atoms with van der Waals surface area (Å²) in [6, 6.07) is 16.6. The van der Waals surface area contributed by atoms with Gasteiger partial charge in [-0.2, -0.15) is 5.10 Å². The van der Waals surface area contributed by atoms with Gasteiger partial charge in [0.05, 0.1) is 6.21 Å². The number of para-hydroxylation sites is 1. The lowest BCUT2D eigenvalue weighted by atomic mass is 10.2. The maximum Gasteiger partial charge on any atom is 0.332 e. The van der Waals surface area contributed by atoms with Crippen molar-refractivity contribution in [1.29, 1.82) is 0 Å². The van der Waals surface area contributed by atoms with Crippen LogP contribution < -0.4 is 15.9 Å². The Balaban J connectivity index is 2.04. The van der Waals surface area contributed by atoms with E-state index >= 15 is 0 Å². The van der Waals surface area contributed by atoms with Gasteiger partial charge in [-0.25, -0.2) is 10.2 Å². The molecule has 0 aliphatic carbocycles. The third kappa shape index (κ3) is 4.13. The molecule has 102 valence electrons. The lowest BCUT2D eigenvalue weighted by Crippen LogP contribution is -2.24. The van der Waals surface area contributed by atoms with Crippen molar-refractivity contribution < 1.29 is 9.53 Å². The van der Waals surface area contributed by atoms with Gasteiger partial charge >= 0.3 is 6.03 Å². The fourth-order valence-electron chi connectivity index (χ4n) is 1.62. The minimum Gasteiger partial charge on any atom is -0.488 e. The number of nitrogens with zero attached hydrogens (tertiary/aromatic N) is 1. The van der Waals surface area contributed by atoms with Crippen molar-refractivity contribution in [2.75, 3.05) is 0 Å². The van der Waals surface area contributed by atoms with Crippen molar-refractivity contribution in [2.24, 2.45) is 10.8 Å². The normalized spacial score (nSPS) is 10.4. The molecule has 0 bridgehead atoms. The molecule has 0 saturated heterocycles. The second kappa shape index (κ2) is 6.94. The molecule has 20 heavy (non-hydrogen) atoms. The average molecular weight is 269 g/mol. The topological polar surface area (TPSA) is 76.7 Å². The summed E-state index contributed by atoms with van der Waals surface area (Å²) in [5, 5.41) is 3.73. The van der Waals surface area contributed by atoms with Crippen molar-refractivity contribution >= 4 is 12.2 Å². The van der Waals surface area contributed by atoms with E-state index in [1.165, 1.54) is 6.21 Å². The highest BCUT2D eigenvalue weighted by Crippen LogP contribution is 2.17. The van der Waals surface area contributed by atoms with Crippen LogP contribution in [-0.2, 0) is 6.61 Å². The molecule has 3 N–H and O–H groups in total. The molecule has 0 fully saturated rings. The SMILES string of the molecule is NC(=O)N/N=C/c1ccccc1OCc1ccccc1. The summed E-state index contributed by atoms with van der Waals surface area (Å²) >= 11 is 0. The number of primary amides is 1. The largest absolute Gasteiger partial charge is 0.488 e. The van der Waals surface area contributed by atoms with E-state index in [0.29, 0.717) is 12.4 Å². The van der Waals surface area contributed by atoms with Gasteiger partial charge in [-0.15, -0.1) is 0 Å². The molecule has 2 aromatic rings. The zero-order valence-electron chi connectivity index (χ0n) is 10.8. The molecule has 0 spiro atoms. The number of nitrogens with two attached hydrogens (primary N) is 1. The number of carbonyl (C=O) groups is 1. The summed E-state index contributed by atoms with van der Waals surface area (Å²) in [7, 11) is 0. The van der Waals surface area contributed by atoms with Gasteiger partial charge in [0.1, 0.15) is 12.4 Å². The van der Waals surface area contributed by atoms with Gasteiger partial charge in [0.15, 0.2) is 0 Å². The standard InChI is InChI=1S/C15H15N3O2/c16-15(19)18-17-10-13-8-4-5-9-14(13)20-11-12-6-2-1-3-7-12/h1-10H,11H2,(H3,16,18,19)/b17-10+.